The van der Waals surface area contributed by atoms with E-state index >= 15 is 0 Å². The van der Waals surface area contributed by atoms with E-state index in [0.717, 1.165) is 0 Å². The Balaban J connectivity index is 3.33. The van der Waals surface area contributed by atoms with Gasteiger partial charge in [-0.05, 0) is 6.07 Å². The summed E-state index contributed by atoms with van der Waals surface area (Å²) in [5, 5.41) is 8.48. The van der Waals surface area contributed by atoms with Gasteiger partial charge in [-0.3, -0.25) is 4.98 Å². The highest BCUT2D eigenvalue weighted by Gasteiger charge is 2.33. The number of aromatic nitrogens is 1. The molecule has 1 rings (SSSR count). The number of ether oxygens (including phenoxy) is 1. The van der Waals surface area contributed by atoms with E-state index in [1.54, 1.807) is 6.07 Å². The average Bonchev–Trinajstić information content (AvgIpc) is 2.28. The molecule has 0 bridgehead atoms. The Hall–Kier alpha value is -1.62. The molecule has 0 N–H and O–H groups in total. The van der Waals surface area contributed by atoms with E-state index in [1.807, 2.05) is 0 Å². The average molecular weight is 301 g/mol. The zero-order chi connectivity index (χ0) is 14.6. The lowest BCUT2D eigenvalue weighted by molar-refractivity contribution is -0.275. The van der Waals surface area contributed by atoms with Crippen LogP contribution in [-0.2, 0) is 12.3 Å². The summed E-state index contributed by atoms with van der Waals surface area (Å²) in [6.45, 7) is 0. The maximum absolute atomic E-state index is 12.6. The maximum Gasteiger partial charge on any atom is 0.573 e. The van der Waals surface area contributed by atoms with Gasteiger partial charge in [0.2, 0.25) is 0 Å². The second-order valence-corrected chi connectivity index (χ2v) is 3.55. The van der Waals surface area contributed by atoms with Crippen LogP contribution in [0.5, 0.6) is 5.75 Å². The summed E-state index contributed by atoms with van der Waals surface area (Å²) in [7, 11) is 0. The van der Waals surface area contributed by atoms with Crippen molar-refractivity contribution < 1.29 is 26.7 Å². The molecule has 0 fully saturated rings. The molecule has 0 atom stereocenters. The SMILES string of the molecule is N#CCc1nc(CCl)c(C(F)F)cc1OC(F)(F)F. The first-order valence-corrected chi connectivity index (χ1v) is 5.31. The number of nitrogens with zero attached hydrogens (tertiary/aromatic N) is 2. The quantitative estimate of drug-likeness (QED) is 0.629. The highest BCUT2D eigenvalue weighted by Crippen LogP contribution is 2.32. The van der Waals surface area contributed by atoms with E-state index in [-0.39, 0.29) is 11.4 Å². The molecule has 0 aromatic carbocycles. The molecule has 0 aliphatic carbocycles. The number of hydrogen-bond acceptors (Lipinski definition) is 3. The lowest BCUT2D eigenvalue weighted by Gasteiger charge is -2.14. The number of nitriles is 1. The third-order valence-electron chi connectivity index (χ3n) is 2.01. The van der Waals surface area contributed by atoms with Crippen LogP contribution in [0.4, 0.5) is 22.0 Å². The summed E-state index contributed by atoms with van der Waals surface area (Å²) in [6.07, 6.45) is -8.62. The van der Waals surface area contributed by atoms with Crippen molar-refractivity contribution >= 4 is 11.6 Å². The topological polar surface area (TPSA) is 45.9 Å². The Labute approximate surface area is 109 Å². The zero-order valence-corrected chi connectivity index (χ0v) is 9.90. The molecule has 1 aromatic rings. The maximum atomic E-state index is 12.6. The monoisotopic (exact) mass is 300 g/mol. The molecule has 1 heterocycles. The van der Waals surface area contributed by atoms with Crippen LogP contribution in [0.2, 0.25) is 0 Å². The van der Waals surface area contributed by atoms with Gasteiger partial charge in [0.05, 0.1) is 29.8 Å². The molecule has 104 valence electrons. The summed E-state index contributed by atoms with van der Waals surface area (Å²) in [6, 6.07) is 2.08. The lowest BCUT2D eigenvalue weighted by Crippen LogP contribution is -2.19. The van der Waals surface area contributed by atoms with Gasteiger partial charge in [-0.2, -0.15) is 5.26 Å². The summed E-state index contributed by atoms with van der Waals surface area (Å²) >= 11 is 5.39. The van der Waals surface area contributed by atoms with Crippen LogP contribution < -0.4 is 4.74 Å². The second kappa shape index (κ2) is 6.02. The molecule has 0 amide bonds. The van der Waals surface area contributed by atoms with E-state index in [1.165, 1.54) is 0 Å². The molecule has 0 saturated carbocycles. The van der Waals surface area contributed by atoms with Gasteiger partial charge in [0, 0.05) is 5.56 Å². The van der Waals surface area contributed by atoms with Crippen molar-refractivity contribution in [2.75, 3.05) is 0 Å². The Kier molecular flexibility index (Phi) is 4.89. The molecule has 19 heavy (non-hydrogen) atoms. The highest BCUT2D eigenvalue weighted by atomic mass is 35.5. The fourth-order valence-electron chi connectivity index (χ4n) is 1.30. The molecular formula is C10H6ClF5N2O. The number of pyridine rings is 1. The second-order valence-electron chi connectivity index (χ2n) is 3.29. The lowest BCUT2D eigenvalue weighted by atomic mass is 10.1. The number of rotatable bonds is 4. The van der Waals surface area contributed by atoms with Gasteiger partial charge in [-0.1, -0.05) is 0 Å². The van der Waals surface area contributed by atoms with Crippen LogP contribution >= 0.6 is 11.6 Å². The van der Waals surface area contributed by atoms with E-state index in [9.17, 15) is 22.0 Å². The van der Waals surface area contributed by atoms with Crippen molar-refractivity contribution in [2.45, 2.75) is 25.1 Å². The predicted molar refractivity (Wildman–Crippen MR) is 54.8 cm³/mol. The smallest absolute Gasteiger partial charge is 0.404 e. The van der Waals surface area contributed by atoms with Gasteiger partial charge in [0.25, 0.3) is 6.43 Å². The number of alkyl halides is 6. The van der Waals surface area contributed by atoms with Crippen molar-refractivity contribution in [3.8, 4) is 11.8 Å². The fraction of sp³-hybridized carbons (Fsp3) is 0.400. The molecule has 0 aliphatic heterocycles. The van der Waals surface area contributed by atoms with Crippen LogP contribution in [0.25, 0.3) is 0 Å². The van der Waals surface area contributed by atoms with E-state index in [4.69, 9.17) is 16.9 Å². The number of halogens is 6. The third-order valence-corrected chi connectivity index (χ3v) is 2.26. The Morgan fingerprint density at radius 3 is 2.42 bits per heavy atom. The molecule has 3 nitrogen and oxygen atoms in total. The van der Waals surface area contributed by atoms with E-state index in [2.05, 4.69) is 9.72 Å². The minimum Gasteiger partial charge on any atom is -0.404 e. The van der Waals surface area contributed by atoms with Crippen molar-refractivity contribution in [3.63, 3.8) is 0 Å². The number of hydrogen-bond donors (Lipinski definition) is 0. The van der Waals surface area contributed by atoms with Gasteiger partial charge in [0.1, 0.15) is 0 Å². The summed E-state index contributed by atoms with van der Waals surface area (Å²) in [5.41, 5.74) is -1.42. The summed E-state index contributed by atoms with van der Waals surface area (Å²) in [4.78, 5) is 3.53. The molecular weight excluding hydrogens is 295 g/mol. The Morgan fingerprint density at radius 2 is 2.00 bits per heavy atom. The molecule has 0 aliphatic rings. The molecule has 9 heteroatoms. The van der Waals surface area contributed by atoms with Crippen LogP contribution in [0.15, 0.2) is 6.07 Å². The van der Waals surface area contributed by atoms with Crippen LogP contribution in [-0.4, -0.2) is 11.3 Å². The summed E-state index contributed by atoms with van der Waals surface area (Å²) in [5.74, 6) is -1.33. The normalized spacial score (nSPS) is 11.5. The first kappa shape index (κ1) is 15.4. The minimum atomic E-state index is -5.06. The molecule has 0 radical (unpaired) electrons. The van der Waals surface area contributed by atoms with Crippen LogP contribution in [0.3, 0.4) is 0 Å². The molecule has 0 spiro atoms. The predicted octanol–water partition coefficient (Wildman–Crippen LogP) is 3.72. The Morgan fingerprint density at radius 1 is 1.37 bits per heavy atom. The van der Waals surface area contributed by atoms with Gasteiger partial charge in [-0.25, -0.2) is 8.78 Å². The van der Waals surface area contributed by atoms with E-state index < -0.39 is 36.4 Å². The molecule has 0 unspecified atom stereocenters. The standard InChI is InChI=1S/C10H6ClF5N2O/c11-4-7-5(9(12)13)3-8(19-10(14,15)16)6(18-7)1-2-17/h3,9H,1,4H2. The first-order chi connectivity index (χ1) is 8.78. The van der Waals surface area contributed by atoms with Gasteiger partial charge < -0.3 is 4.74 Å². The Bertz CT molecular complexity index is 498. The van der Waals surface area contributed by atoms with E-state index in [0.29, 0.717) is 6.07 Å². The van der Waals surface area contributed by atoms with Gasteiger partial charge >= 0.3 is 6.36 Å². The van der Waals surface area contributed by atoms with Crippen molar-refractivity contribution in [3.05, 3.63) is 23.0 Å². The van der Waals surface area contributed by atoms with Gasteiger partial charge in [-0.15, -0.1) is 24.8 Å². The first-order valence-electron chi connectivity index (χ1n) is 4.78. The minimum absolute atomic E-state index is 0.281. The zero-order valence-electron chi connectivity index (χ0n) is 9.14. The van der Waals surface area contributed by atoms with Crippen molar-refractivity contribution in [1.29, 1.82) is 5.26 Å². The summed E-state index contributed by atoms with van der Waals surface area (Å²) < 4.78 is 65.3. The largest absolute Gasteiger partial charge is 0.573 e. The molecule has 0 saturated heterocycles. The van der Waals surface area contributed by atoms with Crippen LogP contribution in [0.1, 0.15) is 23.4 Å². The third kappa shape index (κ3) is 4.21. The molecule has 1 aromatic heterocycles. The van der Waals surface area contributed by atoms with Crippen LogP contribution in [0, 0.1) is 11.3 Å². The van der Waals surface area contributed by atoms with Gasteiger partial charge in [0.15, 0.2) is 5.75 Å². The highest BCUT2D eigenvalue weighted by molar-refractivity contribution is 6.17. The van der Waals surface area contributed by atoms with Crippen molar-refractivity contribution in [2.24, 2.45) is 0 Å². The fourth-order valence-corrected chi connectivity index (χ4v) is 1.52. The van der Waals surface area contributed by atoms with Crippen molar-refractivity contribution in [1.82, 2.24) is 4.98 Å².